The van der Waals surface area contributed by atoms with Gasteiger partial charge in [0.15, 0.2) is 5.82 Å². The van der Waals surface area contributed by atoms with Crippen molar-refractivity contribution >= 4 is 22.9 Å². The van der Waals surface area contributed by atoms with Crippen molar-refractivity contribution in [2.45, 2.75) is 13.2 Å². The molecule has 1 N–H and O–H groups in total. The van der Waals surface area contributed by atoms with Crippen molar-refractivity contribution in [1.29, 1.82) is 5.26 Å². The van der Waals surface area contributed by atoms with E-state index in [9.17, 15) is 9.18 Å². The molecule has 4 aromatic rings. The molecule has 0 bridgehead atoms. The topological polar surface area (TPSA) is 108 Å². The van der Waals surface area contributed by atoms with Crippen LogP contribution in [0.4, 0.5) is 15.0 Å². The van der Waals surface area contributed by atoms with Crippen LogP contribution in [0.3, 0.4) is 0 Å². The Hall–Kier alpha value is -4.49. The lowest BCUT2D eigenvalue weighted by atomic mass is 10.1. The molecule has 0 aliphatic carbocycles. The zero-order valence-electron chi connectivity index (χ0n) is 19.4. The van der Waals surface area contributed by atoms with E-state index in [0.717, 1.165) is 18.7 Å². The number of amides is 2. The van der Waals surface area contributed by atoms with E-state index in [1.54, 1.807) is 41.4 Å². The molecule has 2 aromatic heterocycles. The summed E-state index contributed by atoms with van der Waals surface area (Å²) in [7, 11) is 0. The quantitative estimate of drug-likeness (QED) is 0.421. The smallest absolute Gasteiger partial charge is 0.323 e. The van der Waals surface area contributed by atoms with Crippen LogP contribution in [-0.2, 0) is 13.2 Å². The number of nitrogens with zero attached hydrogens (tertiary/aromatic N) is 5. The standard InChI is InChI=1S/C26H23FN6O3/c27-15-20-14-22(7-6-19(20)16-28)35-21-4-1-3-18(13-21)17-32-9-11-33(12-10-32)26(34)30-24-23-5-2-8-29-25(23)36-31-24/h1-8,13-14H,9-12,15,17H2,(H,30,31,34). The highest BCUT2D eigenvalue weighted by atomic mass is 19.1. The molecular formula is C26H23FN6O3. The van der Waals surface area contributed by atoms with Crippen molar-refractivity contribution in [3.63, 3.8) is 0 Å². The summed E-state index contributed by atoms with van der Waals surface area (Å²) in [5, 5.41) is 16.4. The van der Waals surface area contributed by atoms with Crippen LogP contribution < -0.4 is 10.1 Å². The average molecular weight is 487 g/mol. The van der Waals surface area contributed by atoms with Crippen LogP contribution in [0.1, 0.15) is 16.7 Å². The number of nitrogens with one attached hydrogen (secondary N) is 1. The fourth-order valence-corrected chi connectivity index (χ4v) is 4.12. The van der Waals surface area contributed by atoms with Crippen LogP contribution in [0.2, 0.25) is 0 Å². The lowest BCUT2D eigenvalue weighted by Crippen LogP contribution is -2.49. The first-order valence-electron chi connectivity index (χ1n) is 11.5. The molecule has 2 amide bonds. The first-order valence-corrected chi connectivity index (χ1v) is 11.5. The number of hydrogen-bond donors (Lipinski definition) is 1. The van der Waals surface area contributed by atoms with Gasteiger partial charge < -0.3 is 14.2 Å². The molecule has 0 unspecified atom stereocenters. The number of piperazine rings is 1. The fraction of sp³-hybridized carbons (Fsp3) is 0.231. The molecule has 9 nitrogen and oxygen atoms in total. The second-order valence-electron chi connectivity index (χ2n) is 8.39. The summed E-state index contributed by atoms with van der Waals surface area (Å²) in [6.45, 7) is 2.57. The first kappa shape index (κ1) is 23.3. The number of nitriles is 1. The normalized spacial score (nSPS) is 13.9. The van der Waals surface area contributed by atoms with Gasteiger partial charge in [-0.05, 0) is 48.0 Å². The van der Waals surface area contributed by atoms with E-state index < -0.39 is 6.67 Å². The molecule has 0 saturated carbocycles. The Labute approximate surface area is 206 Å². The van der Waals surface area contributed by atoms with Crippen LogP contribution in [-0.4, -0.2) is 52.2 Å². The molecule has 0 spiro atoms. The van der Waals surface area contributed by atoms with Gasteiger partial charge >= 0.3 is 6.03 Å². The molecule has 0 radical (unpaired) electrons. The summed E-state index contributed by atoms with van der Waals surface area (Å²) in [4.78, 5) is 20.8. The third-order valence-corrected chi connectivity index (χ3v) is 6.02. The summed E-state index contributed by atoms with van der Waals surface area (Å²) >= 11 is 0. The van der Waals surface area contributed by atoms with Gasteiger partial charge in [0.05, 0.1) is 17.0 Å². The second-order valence-corrected chi connectivity index (χ2v) is 8.39. The van der Waals surface area contributed by atoms with Crippen molar-refractivity contribution in [3.05, 3.63) is 77.5 Å². The molecule has 36 heavy (non-hydrogen) atoms. The number of pyridine rings is 1. The molecule has 182 valence electrons. The summed E-state index contributed by atoms with van der Waals surface area (Å²) < 4.78 is 24.3. The van der Waals surface area contributed by atoms with Gasteiger partial charge in [0.2, 0.25) is 0 Å². The Balaban J connectivity index is 1.15. The Bertz CT molecular complexity index is 1420. The van der Waals surface area contributed by atoms with Gasteiger partial charge in [0, 0.05) is 44.5 Å². The number of hydrogen-bond acceptors (Lipinski definition) is 7. The predicted octanol–water partition coefficient (Wildman–Crippen LogP) is 4.71. The largest absolute Gasteiger partial charge is 0.457 e. The molecule has 3 heterocycles. The molecule has 1 saturated heterocycles. The maximum Gasteiger partial charge on any atom is 0.323 e. The maximum absolute atomic E-state index is 13.2. The highest BCUT2D eigenvalue weighted by Crippen LogP contribution is 2.26. The van der Waals surface area contributed by atoms with Crippen molar-refractivity contribution in [1.82, 2.24) is 19.9 Å². The number of ether oxygens (including phenoxy) is 1. The van der Waals surface area contributed by atoms with Gasteiger partial charge in [0.25, 0.3) is 5.71 Å². The highest BCUT2D eigenvalue weighted by Gasteiger charge is 2.23. The van der Waals surface area contributed by atoms with E-state index in [1.807, 2.05) is 30.3 Å². The zero-order chi connectivity index (χ0) is 24.9. The minimum Gasteiger partial charge on any atom is -0.457 e. The monoisotopic (exact) mass is 486 g/mol. The van der Waals surface area contributed by atoms with Crippen LogP contribution in [0.5, 0.6) is 11.5 Å². The molecule has 2 aromatic carbocycles. The molecule has 0 atom stereocenters. The van der Waals surface area contributed by atoms with Crippen LogP contribution >= 0.6 is 0 Å². The summed E-state index contributed by atoms with van der Waals surface area (Å²) in [5.41, 5.74) is 2.05. The van der Waals surface area contributed by atoms with Crippen molar-refractivity contribution < 1.29 is 18.4 Å². The van der Waals surface area contributed by atoms with Crippen LogP contribution in [0.15, 0.2) is 65.3 Å². The summed E-state index contributed by atoms with van der Waals surface area (Å²) in [5.74, 6) is 1.48. The van der Waals surface area contributed by atoms with Crippen LogP contribution in [0.25, 0.3) is 11.1 Å². The Kier molecular flexibility index (Phi) is 6.73. The Morgan fingerprint density at radius 1 is 1.11 bits per heavy atom. The number of benzene rings is 2. The van der Waals surface area contributed by atoms with Crippen molar-refractivity contribution in [3.8, 4) is 17.6 Å². The van der Waals surface area contributed by atoms with Gasteiger partial charge in [0.1, 0.15) is 18.2 Å². The minimum atomic E-state index is -0.726. The third kappa shape index (κ3) is 5.11. The summed E-state index contributed by atoms with van der Waals surface area (Å²) in [6.07, 6.45) is 1.61. The number of rotatable bonds is 6. The highest BCUT2D eigenvalue weighted by molar-refractivity contribution is 5.97. The van der Waals surface area contributed by atoms with E-state index in [2.05, 4.69) is 20.4 Å². The SMILES string of the molecule is N#Cc1ccc(Oc2cccc(CN3CCN(C(=O)Nc4noc5ncccc45)CC3)c2)cc1CF. The summed E-state index contributed by atoms with van der Waals surface area (Å²) in [6, 6.07) is 17.8. The fourth-order valence-electron chi connectivity index (χ4n) is 4.12. The molecule has 1 fully saturated rings. The number of anilines is 1. The van der Waals surface area contributed by atoms with Gasteiger partial charge in [-0.3, -0.25) is 10.2 Å². The molecular weight excluding hydrogens is 463 g/mol. The number of urea groups is 1. The number of halogens is 1. The number of carbonyl (C=O) groups excluding carboxylic acids is 1. The Morgan fingerprint density at radius 2 is 1.94 bits per heavy atom. The minimum absolute atomic E-state index is 0.223. The van der Waals surface area contributed by atoms with E-state index in [-0.39, 0.29) is 6.03 Å². The number of carbonyl (C=O) groups is 1. The number of aromatic nitrogens is 2. The zero-order valence-corrected chi connectivity index (χ0v) is 19.4. The second kappa shape index (κ2) is 10.4. The predicted molar refractivity (Wildman–Crippen MR) is 130 cm³/mol. The Morgan fingerprint density at radius 3 is 2.75 bits per heavy atom. The van der Waals surface area contributed by atoms with Gasteiger partial charge in [-0.2, -0.15) is 5.26 Å². The molecule has 5 rings (SSSR count). The van der Waals surface area contributed by atoms with Crippen molar-refractivity contribution in [2.75, 3.05) is 31.5 Å². The van der Waals surface area contributed by atoms with Gasteiger partial charge in [-0.1, -0.05) is 17.3 Å². The molecule has 1 aliphatic rings. The van der Waals surface area contributed by atoms with Gasteiger partial charge in [-0.25, -0.2) is 14.2 Å². The average Bonchev–Trinajstić information content (AvgIpc) is 3.32. The van der Waals surface area contributed by atoms with Gasteiger partial charge in [-0.15, -0.1) is 0 Å². The molecule has 10 heteroatoms. The van der Waals surface area contributed by atoms with E-state index in [0.29, 0.717) is 59.2 Å². The number of alkyl halides is 1. The van der Waals surface area contributed by atoms with Crippen LogP contribution in [0, 0.1) is 11.3 Å². The lowest BCUT2D eigenvalue weighted by molar-refractivity contribution is 0.143. The lowest BCUT2D eigenvalue weighted by Gasteiger charge is -2.34. The van der Waals surface area contributed by atoms with E-state index in [4.69, 9.17) is 14.5 Å². The maximum atomic E-state index is 13.2. The number of fused-ring (bicyclic) bond motifs is 1. The third-order valence-electron chi connectivity index (χ3n) is 6.02. The molecule has 1 aliphatic heterocycles. The first-order chi connectivity index (χ1) is 17.6. The van der Waals surface area contributed by atoms with E-state index >= 15 is 0 Å². The van der Waals surface area contributed by atoms with E-state index in [1.165, 1.54) is 0 Å². The van der Waals surface area contributed by atoms with Crippen molar-refractivity contribution in [2.24, 2.45) is 0 Å².